The van der Waals surface area contributed by atoms with Crippen molar-refractivity contribution in [3.05, 3.63) is 62.4 Å². The van der Waals surface area contributed by atoms with E-state index in [1.807, 2.05) is 11.9 Å². The largest absolute Gasteiger partial charge is 0.490 e. The summed E-state index contributed by atoms with van der Waals surface area (Å²) in [5.41, 5.74) is 9.41. The molecule has 37 nitrogen and oxygen atoms in total. The number of methoxy groups -OCH3 is 1. The molecule has 3 fully saturated rings. The molecule has 5 aromatic heterocycles. The second-order valence-corrected chi connectivity index (χ2v) is 23.7. The summed E-state index contributed by atoms with van der Waals surface area (Å²) in [5, 5.41) is 32.9. The van der Waals surface area contributed by atoms with Gasteiger partial charge in [-0.3, -0.25) is 51.4 Å². The van der Waals surface area contributed by atoms with Crippen LogP contribution in [0.3, 0.4) is 0 Å². The van der Waals surface area contributed by atoms with E-state index >= 15 is 0 Å². The molecule has 5 aromatic rings. The summed E-state index contributed by atoms with van der Waals surface area (Å²) < 4.78 is 116. The van der Waals surface area contributed by atoms with Crippen LogP contribution in [0.5, 0.6) is 0 Å². The highest BCUT2D eigenvalue weighted by atomic mass is 31.3. The van der Waals surface area contributed by atoms with E-state index in [0.29, 0.717) is 6.61 Å². The molecule has 0 bridgehead atoms. The third kappa shape index (κ3) is 13.2. The number of aromatic amines is 2. The monoisotopic (exact) mass is 1190 g/mol. The van der Waals surface area contributed by atoms with Crippen LogP contribution in [0.2, 0.25) is 0 Å². The number of imidazole rings is 2. The van der Waals surface area contributed by atoms with Gasteiger partial charge >= 0.3 is 42.6 Å². The van der Waals surface area contributed by atoms with Crippen LogP contribution in [0.15, 0.2) is 45.6 Å². The number of aliphatic hydroxyl groups is 3. The number of rotatable bonds is 25. The summed E-state index contributed by atoms with van der Waals surface area (Å²) in [6.07, 6.45) is -11.5. The molecule has 3 aliphatic heterocycles. The van der Waals surface area contributed by atoms with Crippen LogP contribution in [0.1, 0.15) is 44.9 Å². The van der Waals surface area contributed by atoms with Gasteiger partial charge in [-0.15, -0.1) is 0 Å². The number of unbranched alkanes of at least 4 members (excludes halogenated alkanes) is 1. The second kappa shape index (κ2) is 23.8. The van der Waals surface area contributed by atoms with Crippen molar-refractivity contribution in [2.24, 2.45) is 13.0 Å². The molecule has 432 valence electrons. The first-order chi connectivity index (χ1) is 36.7. The third-order valence-corrected chi connectivity index (χ3v) is 17.6. The second-order valence-electron chi connectivity index (χ2n) is 17.6. The number of hydrogen-bond acceptors (Lipinski definition) is 27. The topological polar surface area (TPSA) is 516 Å². The van der Waals surface area contributed by atoms with Gasteiger partial charge in [0, 0.05) is 38.5 Å². The number of anilines is 2. The Labute approximate surface area is 436 Å². The number of aliphatic hydroxyl groups excluding tert-OH is 3. The summed E-state index contributed by atoms with van der Waals surface area (Å²) in [6, 6.07) is 0.928. The molecule has 0 radical (unpaired) electrons. The van der Waals surface area contributed by atoms with Gasteiger partial charge in [-0.1, -0.05) is 18.3 Å². The SMILES string of the molecule is CCCCOCC[C@H]1[C@@H](O)[C@H]([n+]2cn(C)c3c(=O)[nH]c(N)nc32)O[C@@H]1COP(=O)(O)OP(=O)(O)OP(=O)(O)OC[C@H]1O[C@@H](n2cnc3c(N)ncnc32)[C@H](OC)[C@@H]1OP(=O)(O)OC[C@H]1O[C@@H](n2ccc(=O)[nH]c2=O)[C@H](O)[C@@H]1O. The van der Waals surface area contributed by atoms with E-state index in [0.717, 1.165) is 49.4 Å². The van der Waals surface area contributed by atoms with Crippen molar-refractivity contribution in [2.45, 2.75) is 93.7 Å². The van der Waals surface area contributed by atoms with Crippen LogP contribution in [-0.4, -0.2) is 167 Å². The normalized spacial score (nSPS) is 29.7. The molecule has 3 aliphatic rings. The van der Waals surface area contributed by atoms with Crippen molar-refractivity contribution in [3.63, 3.8) is 0 Å². The number of phosphoric acid groups is 4. The average molecular weight is 1190 g/mol. The first-order valence-electron chi connectivity index (χ1n) is 23.2. The standard InChI is InChI=1S/C37H54N12O25P4/c1-4-5-9-65-10-7-17-18(69-33(24(17)51)49-16-46(2)23-31(49)44-36(39)45-32(23)54)11-67-76(58,59)73-78(62,63)74-77(60,61)68-13-20-27(28(64-3)35(71-20)48-15-42-22-29(38)40-14-41-30(22)48)72-75(56,57)66-12-19-25(52)26(53)34(70-19)47-8-6-21(50)43-37(47)55/h6,8,14-20,24-28,33-35,51-53H,4-5,7,9-13H2,1-3H3,(H9-,38,39,40,41,43,44,45,50,54,55,56,57,58,59,60,61,62,63)/p+1/t17-,18-,19-,20-,24-,25-,26-,27-,28-,33-,34-,35-/m1/s1. The van der Waals surface area contributed by atoms with Crippen LogP contribution in [0.25, 0.3) is 22.3 Å². The highest BCUT2D eigenvalue weighted by Crippen LogP contribution is 2.68. The fourth-order valence-electron chi connectivity index (χ4n) is 8.80. The molecule has 13 N–H and O–H groups in total. The molecule has 8 heterocycles. The average Bonchev–Trinajstić information content (AvgIpc) is 4.24. The van der Waals surface area contributed by atoms with Gasteiger partial charge in [-0.25, -0.2) is 42.6 Å². The molecule has 0 saturated carbocycles. The van der Waals surface area contributed by atoms with Crippen LogP contribution in [0, 0.1) is 5.92 Å². The lowest BCUT2D eigenvalue weighted by Crippen LogP contribution is -2.45. The summed E-state index contributed by atoms with van der Waals surface area (Å²) in [7, 11) is -20.8. The number of fused-ring (bicyclic) bond motifs is 2. The molecule has 16 atom stereocenters. The van der Waals surface area contributed by atoms with Crippen molar-refractivity contribution < 1.29 is 108 Å². The van der Waals surface area contributed by atoms with Gasteiger partial charge < -0.3 is 70.0 Å². The maximum Gasteiger partial charge on any atom is 0.490 e. The molecule has 0 spiro atoms. The minimum Gasteiger partial charge on any atom is -0.387 e. The zero-order valence-electron chi connectivity index (χ0n) is 41.0. The van der Waals surface area contributed by atoms with Gasteiger partial charge in [-0.05, 0) is 12.8 Å². The summed E-state index contributed by atoms with van der Waals surface area (Å²) in [5.74, 6) is -1.28. The van der Waals surface area contributed by atoms with Crippen LogP contribution < -0.4 is 32.8 Å². The number of nitrogens with two attached hydrogens (primary N) is 2. The van der Waals surface area contributed by atoms with Crippen molar-refractivity contribution in [1.82, 2.24) is 43.6 Å². The number of aryl methyl sites for hydroxylation is 1. The number of nitrogens with zero attached hydrogens (tertiary/aromatic N) is 8. The molecule has 0 aromatic carbocycles. The lowest BCUT2D eigenvalue weighted by molar-refractivity contribution is -0.745. The number of hydrogen-bond donors (Lipinski definition) is 11. The highest BCUT2D eigenvalue weighted by molar-refractivity contribution is 7.66. The Morgan fingerprint density at radius 3 is 2.13 bits per heavy atom. The van der Waals surface area contributed by atoms with Crippen LogP contribution in [0.4, 0.5) is 11.8 Å². The molecular weight excluding hydrogens is 1140 g/mol. The first kappa shape index (κ1) is 59.5. The van der Waals surface area contributed by atoms with Gasteiger partial charge in [-0.2, -0.15) is 8.62 Å². The fourth-order valence-corrected chi connectivity index (χ4v) is 13.3. The summed E-state index contributed by atoms with van der Waals surface area (Å²) in [6.45, 7) is -0.808. The number of nitrogen functional groups attached to an aromatic ring is 2. The van der Waals surface area contributed by atoms with E-state index in [9.17, 15) is 67.5 Å². The van der Waals surface area contributed by atoms with E-state index in [-0.39, 0.29) is 47.1 Å². The first-order valence-corrected chi connectivity index (χ1v) is 29.2. The molecule has 0 aliphatic carbocycles. The van der Waals surface area contributed by atoms with Gasteiger partial charge in [0.05, 0.1) is 39.3 Å². The summed E-state index contributed by atoms with van der Waals surface area (Å²) in [4.78, 5) is 100. The Balaban J connectivity index is 0.943. The predicted molar refractivity (Wildman–Crippen MR) is 256 cm³/mol. The highest BCUT2D eigenvalue weighted by Gasteiger charge is 2.54. The Morgan fingerprint density at radius 1 is 0.782 bits per heavy atom. The molecule has 4 unspecified atom stereocenters. The molecule has 78 heavy (non-hydrogen) atoms. The smallest absolute Gasteiger partial charge is 0.387 e. The number of aromatic nitrogens is 10. The van der Waals surface area contributed by atoms with E-state index < -0.39 is 141 Å². The third-order valence-electron chi connectivity index (χ3n) is 12.4. The van der Waals surface area contributed by atoms with E-state index in [1.54, 1.807) is 0 Å². The van der Waals surface area contributed by atoms with Crippen molar-refractivity contribution >= 4 is 65.4 Å². The maximum atomic E-state index is 13.6. The minimum absolute atomic E-state index is 0.00137. The fraction of sp³-hybridized carbons (Fsp3) is 0.622. The van der Waals surface area contributed by atoms with E-state index in [1.165, 1.54) is 27.1 Å². The van der Waals surface area contributed by atoms with Gasteiger partial charge in [0.1, 0.15) is 54.6 Å². The number of H-pyrrole nitrogens is 2. The van der Waals surface area contributed by atoms with Gasteiger partial charge in [0.2, 0.25) is 11.7 Å². The van der Waals surface area contributed by atoms with Crippen LogP contribution >= 0.6 is 31.3 Å². The lowest BCUT2D eigenvalue weighted by Gasteiger charge is -2.26. The quantitative estimate of drug-likeness (QED) is 0.0165. The molecule has 3 saturated heterocycles. The van der Waals surface area contributed by atoms with E-state index in [4.69, 9.17) is 53.2 Å². The zero-order valence-corrected chi connectivity index (χ0v) is 44.5. The Bertz CT molecular complexity index is 3340. The molecular formula is C37H55N12O25P4+. The predicted octanol–water partition coefficient (Wildman–Crippen LogP) is -2.41. The molecule has 41 heteroatoms. The Kier molecular flexibility index (Phi) is 18.2. The lowest BCUT2D eigenvalue weighted by atomic mass is 9.95. The molecule has 0 amide bonds. The van der Waals surface area contributed by atoms with Crippen molar-refractivity contribution in [1.29, 1.82) is 0 Å². The van der Waals surface area contributed by atoms with Crippen molar-refractivity contribution in [3.8, 4) is 0 Å². The van der Waals surface area contributed by atoms with E-state index in [2.05, 4.69) is 33.5 Å². The number of nitrogens with one attached hydrogen (secondary N) is 2. The minimum atomic E-state index is -6.19. The number of phosphoric ester groups is 3. The number of ether oxygens (including phenoxy) is 5. The van der Waals surface area contributed by atoms with Gasteiger partial charge in [0.15, 0.2) is 30.2 Å². The Hall–Kier alpha value is -4.62. The Morgan fingerprint density at radius 2 is 1.45 bits per heavy atom. The van der Waals surface area contributed by atoms with Crippen LogP contribution in [-0.2, 0) is 75.7 Å². The summed E-state index contributed by atoms with van der Waals surface area (Å²) >= 11 is 0. The van der Waals surface area contributed by atoms with Crippen molar-refractivity contribution in [2.75, 3.05) is 51.6 Å². The zero-order chi connectivity index (χ0) is 56.6. The van der Waals surface area contributed by atoms with Gasteiger partial charge in [0.25, 0.3) is 17.1 Å². The molecule has 8 rings (SSSR count). The maximum absolute atomic E-state index is 13.6.